The quantitative estimate of drug-likeness (QED) is 0.868. The van der Waals surface area contributed by atoms with Crippen LogP contribution in [0, 0.1) is 11.7 Å². The second-order valence-electron chi connectivity index (χ2n) is 5.45. The Bertz CT molecular complexity index is 407. The van der Waals surface area contributed by atoms with E-state index in [2.05, 4.69) is 24.1 Å². The number of hydrogen-bond acceptors (Lipinski definition) is 3. The van der Waals surface area contributed by atoms with E-state index >= 15 is 0 Å². The molecule has 2 rings (SSSR count). The van der Waals surface area contributed by atoms with Crippen molar-refractivity contribution in [3.8, 4) is 0 Å². The molecule has 1 aliphatic heterocycles. The van der Waals surface area contributed by atoms with Gasteiger partial charge in [-0.2, -0.15) is 11.8 Å². The van der Waals surface area contributed by atoms with Crippen LogP contribution in [0.5, 0.6) is 0 Å². The molecule has 1 N–H and O–H groups in total. The maximum absolute atomic E-state index is 14.0. The topological polar surface area (TPSA) is 15.3 Å². The number of rotatable bonds is 6. The minimum atomic E-state index is -0.0977. The molecule has 2 atom stereocenters. The summed E-state index contributed by atoms with van der Waals surface area (Å²) in [4.78, 5) is 2.51. The molecule has 20 heavy (non-hydrogen) atoms. The van der Waals surface area contributed by atoms with Gasteiger partial charge in [0.2, 0.25) is 0 Å². The Hall–Kier alpha value is -0.580. The zero-order valence-corrected chi connectivity index (χ0v) is 13.3. The highest BCUT2D eigenvalue weighted by molar-refractivity contribution is 7.99. The summed E-state index contributed by atoms with van der Waals surface area (Å²) in [6.07, 6.45) is 0. The van der Waals surface area contributed by atoms with Crippen LogP contribution in [0.1, 0.15) is 25.5 Å². The fourth-order valence-electron chi connectivity index (χ4n) is 2.86. The zero-order chi connectivity index (χ0) is 14.4. The van der Waals surface area contributed by atoms with Gasteiger partial charge in [-0.05, 0) is 18.5 Å². The summed E-state index contributed by atoms with van der Waals surface area (Å²) in [7, 11) is 0. The van der Waals surface area contributed by atoms with Crippen molar-refractivity contribution < 1.29 is 4.39 Å². The number of nitrogens with zero attached hydrogens (tertiary/aromatic N) is 1. The van der Waals surface area contributed by atoms with Gasteiger partial charge in [-0.3, -0.25) is 0 Å². The van der Waals surface area contributed by atoms with Gasteiger partial charge in [0.1, 0.15) is 5.82 Å². The molecule has 2 nitrogen and oxygen atoms in total. The highest BCUT2D eigenvalue weighted by Crippen LogP contribution is 2.25. The number of benzene rings is 1. The molecule has 1 aromatic carbocycles. The molecule has 0 aliphatic carbocycles. The molecule has 0 aromatic heterocycles. The molecule has 0 amide bonds. The molecule has 1 aliphatic rings. The first-order valence-corrected chi connectivity index (χ1v) is 8.65. The molecular weight excluding hydrogens is 271 g/mol. The highest BCUT2D eigenvalue weighted by atomic mass is 32.2. The number of thioether (sulfide) groups is 1. The zero-order valence-electron chi connectivity index (χ0n) is 12.4. The summed E-state index contributed by atoms with van der Waals surface area (Å²) < 4.78 is 14.0. The van der Waals surface area contributed by atoms with Crippen molar-refractivity contribution in [3.63, 3.8) is 0 Å². The van der Waals surface area contributed by atoms with E-state index in [9.17, 15) is 4.39 Å². The third-order valence-corrected chi connectivity index (χ3v) is 4.83. The Kier molecular flexibility index (Phi) is 6.33. The molecule has 1 heterocycles. The van der Waals surface area contributed by atoms with Gasteiger partial charge in [0, 0.05) is 42.7 Å². The summed E-state index contributed by atoms with van der Waals surface area (Å²) in [5.74, 6) is 2.74. The lowest BCUT2D eigenvalue weighted by Crippen LogP contribution is -2.40. The Morgan fingerprint density at radius 3 is 2.65 bits per heavy atom. The van der Waals surface area contributed by atoms with Crippen LogP contribution < -0.4 is 5.32 Å². The van der Waals surface area contributed by atoms with Crippen LogP contribution in [0.4, 0.5) is 4.39 Å². The Morgan fingerprint density at radius 1 is 1.30 bits per heavy atom. The monoisotopic (exact) mass is 296 g/mol. The Labute approximate surface area is 126 Å². The summed E-state index contributed by atoms with van der Waals surface area (Å²) in [5.41, 5.74) is 0.799. The van der Waals surface area contributed by atoms with Gasteiger partial charge >= 0.3 is 0 Å². The molecule has 112 valence electrons. The van der Waals surface area contributed by atoms with Crippen LogP contribution in [0.25, 0.3) is 0 Å². The highest BCUT2D eigenvalue weighted by Gasteiger charge is 2.23. The first kappa shape index (κ1) is 15.8. The van der Waals surface area contributed by atoms with E-state index in [0.717, 1.165) is 31.7 Å². The molecule has 0 radical (unpaired) electrons. The van der Waals surface area contributed by atoms with Gasteiger partial charge in [-0.25, -0.2) is 4.39 Å². The maximum Gasteiger partial charge on any atom is 0.127 e. The van der Waals surface area contributed by atoms with E-state index in [4.69, 9.17) is 0 Å². The van der Waals surface area contributed by atoms with Gasteiger partial charge in [-0.15, -0.1) is 0 Å². The molecule has 0 saturated carbocycles. The summed E-state index contributed by atoms with van der Waals surface area (Å²) in [6, 6.07) is 7.24. The van der Waals surface area contributed by atoms with Gasteiger partial charge < -0.3 is 10.2 Å². The molecule has 4 heteroatoms. The van der Waals surface area contributed by atoms with Crippen LogP contribution in [0.15, 0.2) is 24.3 Å². The first-order chi connectivity index (χ1) is 9.72. The van der Waals surface area contributed by atoms with Crippen molar-refractivity contribution in [2.75, 3.05) is 37.7 Å². The van der Waals surface area contributed by atoms with E-state index in [-0.39, 0.29) is 11.9 Å². The predicted molar refractivity (Wildman–Crippen MR) is 85.7 cm³/mol. The molecule has 0 spiro atoms. The fourth-order valence-corrected chi connectivity index (χ4v) is 3.84. The van der Waals surface area contributed by atoms with Crippen molar-refractivity contribution in [1.29, 1.82) is 0 Å². The van der Waals surface area contributed by atoms with Gasteiger partial charge in [0.15, 0.2) is 0 Å². The molecule has 2 unspecified atom stereocenters. The minimum Gasteiger partial charge on any atom is -0.310 e. The summed E-state index contributed by atoms with van der Waals surface area (Å²) in [6.45, 7) is 8.52. The maximum atomic E-state index is 14.0. The van der Waals surface area contributed by atoms with Gasteiger partial charge in [0.25, 0.3) is 0 Å². The summed E-state index contributed by atoms with van der Waals surface area (Å²) in [5, 5.41) is 3.46. The van der Waals surface area contributed by atoms with Crippen LogP contribution in [0.2, 0.25) is 0 Å². The second-order valence-corrected chi connectivity index (χ2v) is 6.67. The third-order valence-electron chi connectivity index (χ3n) is 3.88. The lowest BCUT2D eigenvalue weighted by atomic mass is 9.93. The summed E-state index contributed by atoms with van der Waals surface area (Å²) >= 11 is 2.03. The van der Waals surface area contributed by atoms with Gasteiger partial charge in [0.05, 0.1) is 0 Å². The van der Waals surface area contributed by atoms with Crippen molar-refractivity contribution in [1.82, 2.24) is 10.2 Å². The normalized spacial score (nSPS) is 19.8. The van der Waals surface area contributed by atoms with Crippen molar-refractivity contribution in [2.24, 2.45) is 5.92 Å². The number of hydrogen-bond donors (Lipinski definition) is 1. The standard InChI is InChI=1S/C16H25FN2S/c1-3-18-16(14-6-4-5-7-15(14)17)13(2)12-19-8-10-20-11-9-19/h4-7,13,16,18H,3,8-12H2,1-2H3. The Balaban J connectivity index is 2.05. The predicted octanol–water partition coefficient (Wildman–Crippen LogP) is 3.16. The lowest BCUT2D eigenvalue weighted by molar-refractivity contribution is 0.226. The largest absolute Gasteiger partial charge is 0.310 e. The lowest BCUT2D eigenvalue weighted by Gasteiger charge is -2.33. The molecule has 1 saturated heterocycles. The van der Waals surface area contributed by atoms with Crippen LogP contribution in [-0.2, 0) is 0 Å². The van der Waals surface area contributed by atoms with Crippen LogP contribution in [-0.4, -0.2) is 42.6 Å². The van der Waals surface area contributed by atoms with Gasteiger partial charge in [-0.1, -0.05) is 32.0 Å². The van der Waals surface area contributed by atoms with E-state index < -0.39 is 0 Å². The van der Waals surface area contributed by atoms with Crippen molar-refractivity contribution in [2.45, 2.75) is 19.9 Å². The van der Waals surface area contributed by atoms with Crippen LogP contribution >= 0.6 is 11.8 Å². The fraction of sp³-hybridized carbons (Fsp3) is 0.625. The Morgan fingerprint density at radius 2 is 2.00 bits per heavy atom. The first-order valence-electron chi connectivity index (χ1n) is 7.50. The smallest absolute Gasteiger partial charge is 0.127 e. The minimum absolute atomic E-state index is 0.0933. The van der Waals surface area contributed by atoms with E-state index in [1.807, 2.05) is 23.9 Å². The van der Waals surface area contributed by atoms with Crippen molar-refractivity contribution in [3.05, 3.63) is 35.6 Å². The SMILES string of the molecule is CCNC(c1ccccc1F)C(C)CN1CCSCC1. The van der Waals surface area contributed by atoms with E-state index in [1.165, 1.54) is 11.5 Å². The van der Waals surface area contributed by atoms with E-state index in [1.54, 1.807) is 12.1 Å². The van der Waals surface area contributed by atoms with Crippen molar-refractivity contribution >= 4 is 11.8 Å². The average Bonchev–Trinajstić information content (AvgIpc) is 2.47. The molecule has 1 aromatic rings. The van der Waals surface area contributed by atoms with E-state index in [0.29, 0.717) is 5.92 Å². The number of nitrogens with one attached hydrogen (secondary N) is 1. The third kappa shape index (κ3) is 4.21. The van der Waals surface area contributed by atoms with Crippen LogP contribution in [0.3, 0.4) is 0 Å². The second kappa shape index (κ2) is 8.01. The number of halogens is 1. The molecule has 1 fully saturated rings. The average molecular weight is 296 g/mol. The molecular formula is C16H25FN2S. The molecule has 0 bridgehead atoms.